The van der Waals surface area contributed by atoms with E-state index in [4.69, 9.17) is 9.72 Å². The van der Waals surface area contributed by atoms with E-state index in [1.165, 1.54) is 0 Å². The van der Waals surface area contributed by atoms with Crippen LogP contribution >= 0.6 is 0 Å². The van der Waals surface area contributed by atoms with E-state index >= 15 is 0 Å². The zero-order chi connectivity index (χ0) is 19.4. The van der Waals surface area contributed by atoms with Gasteiger partial charge in [0.1, 0.15) is 23.1 Å². The highest BCUT2D eigenvalue weighted by Gasteiger charge is 2.45. The molecule has 0 aromatic carbocycles. The molecule has 27 heavy (non-hydrogen) atoms. The van der Waals surface area contributed by atoms with Gasteiger partial charge in [0.05, 0.1) is 6.61 Å². The SMILES string of the molecule is C=C(C)/C=C(\NC)Nc1cc(C)nc([C@H]2CC[C@@]3(CC2)OCCNC3=O)n1. The van der Waals surface area contributed by atoms with Gasteiger partial charge < -0.3 is 20.7 Å². The zero-order valence-corrected chi connectivity index (χ0v) is 16.4. The average molecular weight is 371 g/mol. The summed E-state index contributed by atoms with van der Waals surface area (Å²) in [5.74, 6) is 2.68. The van der Waals surface area contributed by atoms with Gasteiger partial charge in [-0.2, -0.15) is 0 Å². The van der Waals surface area contributed by atoms with Crippen LogP contribution in [-0.2, 0) is 9.53 Å². The lowest BCUT2D eigenvalue weighted by Crippen LogP contribution is -2.56. The van der Waals surface area contributed by atoms with Crippen molar-refractivity contribution in [2.45, 2.75) is 51.0 Å². The van der Waals surface area contributed by atoms with Crippen LogP contribution in [0.4, 0.5) is 5.82 Å². The molecule has 2 fully saturated rings. The Morgan fingerprint density at radius 1 is 1.41 bits per heavy atom. The number of aryl methyl sites for hydroxylation is 1. The molecular weight excluding hydrogens is 342 g/mol. The first-order valence-corrected chi connectivity index (χ1v) is 9.52. The van der Waals surface area contributed by atoms with E-state index in [0.717, 1.165) is 41.6 Å². The van der Waals surface area contributed by atoms with Gasteiger partial charge in [-0.25, -0.2) is 9.97 Å². The summed E-state index contributed by atoms with van der Waals surface area (Å²) in [5.41, 5.74) is 1.21. The van der Waals surface area contributed by atoms with Crippen molar-refractivity contribution >= 4 is 11.7 Å². The number of nitrogens with zero attached hydrogens (tertiary/aromatic N) is 2. The summed E-state index contributed by atoms with van der Waals surface area (Å²) < 4.78 is 5.87. The van der Waals surface area contributed by atoms with Crippen molar-refractivity contribution in [1.82, 2.24) is 20.6 Å². The number of rotatable bonds is 5. The minimum atomic E-state index is -0.650. The Hall–Kier alpha value is -2.41. The second kappa shape index (κ2) is 8.08. The van der Waals surface area contributed by atoms with E-state index in [9.17, 15) is 4.79 Å². The van der Waals surface area contributed by atoms with Crippen LogP contribution in [0.1, 0.15) is 50.0 Å². The number of ether oxygens (including phenoxy) is 1. The van der Waals surface area contributed by atoms with Crippen molar-refractivity contribution in [3.63, 3.8) is 0 Å². The maximum atomic E-state index is 12.3. The maximum absolute atomic E-state index is 12.3. The smallest absolute Gasteiger partial charge is 0.252 e. The lowest BCUT2D eigenvalue weighted by atomic mass is 9.77. The quantitative estimate of drug-likeness (QED) is 0.689. The summed E-state index contributed by atoms with van der Waals surface area (Å²) in [6.45, 7) is 9.01. The van der Waals surface area contributed by atoms with Crippen LogP contribution in [0.15, 0.2) is 30.1 Å². The molecule has 1 spiro atoms. The number of amides is 1. The molecule has 1 amide bonds. The highest BCUT2D eigenvalue weighted by atomic mass is 16.5. The normalized spacial score (nSPS) is 25.8. The van der Waals surface area contributed by atoms with E-state index in [0.29, 0.717) is 26.0 Å². The lowest BCUT2D eigenvalue weighted by Gasteiger charge is -2.40. The number of aromatic nitrogens is 2. The number of allylic oxidation sites excluding steroid dienone is 2. The van der Waals surface area contributed by atoms with Crippen molar-refractivity contribution in [2.24, 2.45) is 0 Å². The molecule has 7 nitrogen and oxygen atoms in total. The van der Waals surface area contributed by atoms with E-state index < -0.39 is 5.60 Å². The Morgan fingerprint density at radius 2 is 2.15 bits per heavy atom. The van der Waals surface area contributed by atoms with Crippen molar-refractivity contribution in [3.8, 4) is 0 Å². The van der Waals surface area contributed by atoms with E-state index in [1.54, 1.807) is 0 Å². The first kappa shape index (κ1) is 19.4. The molecule has 0 radical (unpaired) electrons. The minimum Gasteiger partial charge on any atom is -0.375 e. The molecule has 2 aliphatic rings. The molecule has 0 bridgehead atoms. The summed E-state index contributed by atoms with van der Waals surface area (Å²) in [5, 5.41) is 9.34. The molecule has 0 atom stereocenters. The van der Waals surface area contributed by atoms with Gasteiger partial charge in [-0.3, -0.25) is 4.79 Å². The fourth-order valence-electron chi connectivity index (χ4n) is 3.74. The number of hydrogen-bond donors (Lipinski definition) is 3. The molecular formula is C20H29N5O2. The predicted octanol–water partition coefficient (Wildman–Crippen LogP) is 2.38. The molecule has 0 unspecified atom stereocenters. The maximum Gasteiger partial charge on any atom is 0.252 e. The van der Waals surface area contributed by atoms with Crippen LogP contribution in [0.25, 0.3) is 0 Å². The molecule has 3 rings (SSSR count). The summed E-state index contributed by atoms with van der Waals surface area (Å²) >= 11 is 0. The van der Waals surface area contributed by atoms with Crippen LogP contribution in [0.5, 0.6) is 0 Å². The Balaban J connectivity index is 1.73. The fraction of sp³-hybridized carbons (Fsp3) is 0.550. The van der Waals surface area contributed by atoms with Gasteiger partial charge in [-0.15, -0.1) is 0 Å². The van der Waals surface area contributed by atoms with Crippen LogP contribution in [-0.4, -0.2) is 41.7 Å². The topological polar surface area (TPSA) is 88.2 Å². The third-order valence-corrected chi connectivity index (χ3v) is 5.13. The standard InChI is InChI=1S/C20H29N5O2/c1-13(2)11-16(21-4)24-17-12-14(3)23-18(25-17)15-5-7-20(8-6-15)19(26)22-9-10-27-20/h11-12,15,21H,1,5-10H2,2-4H3,(H,22,26)(H,23,24,25)/b16-11+/t15-,20-. The minimum absolute atomic E-state index is 0.0308. The zero-order valence-electron chi connectivity index (χ0n) is 16.4. The van der Waals surface area contributed by atoms with Crippen LogP contribution in [0.3, 0.4) is 0 Å². The molecule has 146 valence electrons. The molecule has 1 aromatic rings. The van der Waals surface area contributed by atoms with Gasteiger partial charge in [0.15, 0.2) is 0 Å². The average Bonchev–Trinajstić information content (AvgIpc) is 2.63. The van der Waals surface area contributed by atoms with Crippen molar-refractivity contribution in [1.29, 1.82) is 0 Å². The van der Waals surface area contributed by atoms with Gasteiger partial charge in [-0.05, 0) is 45.6 Å². The van der Waals surface area contributed by atoms with Crippen LogP contribution in [0.2, 0.25) is 0 Å². The number of anilines is 1. The Morgan fingerprint density at radius 3 is 2.78 bits per heavy atom. The monoisotopic (exact) mass is 371 g/mol. The van der Waals surface area contributed by atoms with Crippen molar-refractivity contribution in [3.05, 3.63) is 41.6 Å². The number of carbonyl (C=O) groups is 1. The molecule has 3 N–H and O–H groups in total. The third kappa shape index (κ3) is 4.47. The van der Waals surface area contributed by atoms with Crippen molar-refractivity contribution in [2.75, 3.05) is 25.5 Å². The molecule has 1 aromatic heterocycles. The predicted molar refractivity (Wildman–Crippen MR) is 105 cm³/mol. The lowest BCUT2D eigenvalue weighted by molar-refractivity contribution is -0.160. The van der Waals surface area contributed by atoms with Gasteiger partial charge in [0.2, 0.25) is 0 Å². The molecule has 1 saturated heterocycles. The molecule has 7 heteroatoms. The summed E-state index contributed by atoms with van der Waals surface area (Å²) in [6.07, 6.45) is 5.04. The van der Waals surface area contributed by atoms with Gasteiger partial charge in [0, 0.05) is 31.3 Å². The second-order valence-electron chi connectivity index (χ2n) is 7.41. The molecule has 2 heterocycles. The first-order chi connectivity index (χ1) is 12.9. The summed E-state index contributed by atoms with van der Waals surface area (Å²) in [6, 6.07) is 1.93. The van der Waals surface area contributed by atoms with Crippen LogP contribution in [0, 0.1) is 6.92 Å². The number of carbonyl (C=O) groups excluding carboxylic acids is 1. The van der Waals surface area contributed by atoms with E-state index in [2.05, 4.69) is 27.5 Å². The second-order valence-corrected chi connectivity index (χ2v) is 7.41. The largest absolute Gasteiger partial charge is 0.375 e. The van der Waals surface area contributed by atoms with Crippen LogP contribution < -0.4 is 16.0 Å². The van der Waals surface area contributed by atoms with Gasteiger partial charge >= 0.3 is 0 Å². The third-order valence-electron chi connectivity index (χ3n) is 5.13. The highest BCUT2D eigenvalue weighted by Crippen LogP contribution is 2.40. The molecule has 1 aliphatic heterocycles. The number of hydrogen-bond acceptors (Lipinski definition) is 6. The van der Waals surface area contributed by atoms with Crippen molar-refractivity contribution < 1.29 is 9.53 Å². The number of nitrogens with one attached hydrogen (secondary N) is 3. The fourth-order valence-corrected chi connectivity index (χ4v) is 3.74. The van der Waals surface area contributed by atoms with E-state index in [1.807, 2.05) is 33.0 Å². The Kier molecular flexibility index (Phi) is 5.79. The van der Waals surface area contributed by atoms with Gasteiger partial charge in [-0.1, -0.05) is 12.2 Å². The Labute approximate surface area is 160 Å². The summed E-state index contributed by atoms with van der Waals surface area (Å²) in [7, 11) is 1.85. The Bertz CT molecular complexity index is 751. The van der Waals surface area contributed by atoms with E-state index in [-0.39, 0.29) is 11.8 Å². The highest BCUT2D eigenvalue weighted by molar-refractivity contribution is 5.85. The summed E-state index contributed by atoms with van der Waals surface area (Å²) in [4.78, 5) is 21.7. The molecule has 1 saturated carbocycles. The first-order valence-electron chi connectivity index (χ1n) is 9.52. The van der Waals surface area contributed by atoms with Gasteiger partial charge in [0.25, 0.3) is 5.91 Å². The number of morpholine rings is 1. The molecule has 1 aliphatic carbocycles.